The van der Waals surface area contributed by atoms with Crippen molar-refractivity contribution in [1.29, 1.82) is 0 Å². The van der Waals surface area contributed by atoms with Crippen LogP contribution in [0.1, 0.15) is 19.8 Å². The number of alkyl halides is 1. The molecule has 2 nitrogen and oxygen atoms in total. The minimum Gasteiger partial charge on any atom is -0.353 e. The molecule has 1 saturated carbocycles. The van der Waals surface area contributed by atoms with Gasteiger partial charge in [-0.3, -0.25) is 4.79 Å². The molecule has 0 unspecified atom stereocenters. The van der Waals surface area contributed by atoms with Crippen LogP contribution in [0.2, 0.25) is 0 Å². The lowest BCUT2D eigenvalue weighted by molar-refractivity contribution is -0.119. The van der Waals surface area contributed by atoms with Crippen molar-refractivity contribution in [3.63, 3.8) is 0 Å². The zero-order valence-electron chi connectivity index (χ0n) is 5.41. The van der Waals surface area contributed by atoms with Crippen LogP contribution in [-0.2, 0) is 4.79 Å². The Morgan fingerprint density at radius 3 is 2.67 bits per heavy atom. The van der Waals surface area contributed by atoms with Crippen molar-refractivity contribution >= 4 is 5.91 Å². The summed E-state index contributed by atoms with van der Waals surface area (Å²) in [5.41, 5.74) is -1.05. The Balaban J connectivity index is 2.12. The molecule has 1 rings (SSSR count). The summed E-state index contributed by atoms with van der Waals surface area (Å²) < 4.78 is 12.6. The van der Waals surface area contributed by atoms with Crippen molar-refractivity contribution in [3.8, 4) is 0 Å². The first-order valence-corrected chi connectivity index (χ1v) is 3.06. The Labute approximate surface area is 53.4 Å². The number of carbonyl (C=O) groups excluding carboxylic acids is 1. The Morgan fingerprint density at radius 2 is 2.33 bits per heavy atom. The first-order valence-electron chi connectivity index (χ1n) is 3.06. The predicted molar refractivity (Wildman–Crippen MR) is 31.8 cm³/mol. The Hall–Kier alpha value is -0.600. The van der Waals surface area contributed by atoms with Crippen LogP contribution >= 0.6 is 0 Å². The fourth-order valence-corrected chi connectivity index (χ4v) is 0.595. The molecular formula is C6H10FNO. The smallest absolute Gasteiger partial charge is 0.216 e. The van der Waals surface area contributed by atoms with E-state index in [1.807, 2.05) is 0 Å². The predicted octanol–water partition coefficient (Wildman–Crippen LogP) is 0.625. The fourth-order valence-electron chi connectivity index (χ4n) is 0.595. The Kier molecular flexibility index (Phi) is 1.43. The van der Waals surface area contributed by atoms with Crippen molar-refractivity contribution in [2.24, 2.45) is 0 Å². The summed E-state index contributed by atoms with van der Waals surface area (Å²) in [7, 11) is 0. The summed E-state index contributed by atoms with van der Waals surface area (Å²) in [6, 6.07) is 0. The van der Waals surface area contributed by atoms with Gasteiger partial charge < -0.3 is 5.32 Å². The van der Waals surface area contributed by atoms with Gasteiger partial charge in [0.05, 0.1) is 6.54 Å². The number of rotatable bonds is 2. The number of hydrogen-bond donors (Lipinski definition) is 1. The second kappa shape index (κ2) is 1.97. The van der Waals surface area contributed by atoms with Crippen LogP contribution in [0.25, 0.3) is 0 Å². The maximum Gasteiger partial charge on any atom is 0.216 e. The summed E-state index contributed by atoms with van der Waals surface area (Å²) in [5.74, 6) is -0.154. The van der Waals surface area contributed by atoms with Gasteiger partial charge in [0.2, 0.25) is 5.91 Å². The van der Waals surface area contributed by atoms with Gasteiger partial charge in [0.15, 0.2) is 0 Å². The third-order valence-corrected chi connectivity index (χ3v) is 1.45. The molecule has 1 amide bonds. The van der Waals surface area contributed by atoms with Gasteiger partial charge >= 0.3 is 0 Å². The lowest BCUT2D eigenvalue weighted by Crippen LogP contribution is -2.28. The highest BCUT2D eigenvalue weighted by Gasteiger charge is 2.42. The number of halogens is 1. The molecule has 0 aromatic heterocycles. The zero-order valence-corrected chi connectivity index (χ0v) is 5.41. The summed E-state index contributed by atoms with van der Waals surface area (Å²) >= 11 is 0. The number of carbonyl (C=O) groups is 1. The van der Waals surface area contributed by atoms with Gasteiger partial charge in [-0.15, -0.1) is 0 Å². The minimum absolute atomic E-state index is 0.154. The van der Waals surface area contributed by atoms with Gasteiger partial charge in [-0.1, -0.05) is 0 Å². The molecule has 0 aromatic carbocycles. The highest BCUT2D eigenvalue weighted by Crippen LogP contribution is 2.38. The molecule has 1 aliphatic rings. The van der Waals surface area contributed by atoms with Crippen molar-refractivity contribution in [2.45, 2.75) is 25.4 Å². The molecule has 1 fully saturated rings. The average molecular weight is 131 g/mol. The average Bonchev–Trinajstić information content (AvgIpc) is 2.45. The minimum atomic E-state index is -1.05. The third kappa shape index (κ3) is 2.00. The molecule has 52 valence electrons. The van der Waals surface area contributed by atoms with Gasteiger partial charge in [0.25, 0.3) is 0 Å². The van der Waals surface area contributed by atoms with E-state index in [-0.39, 0.29) is 12.5 Å². The van der Waals surface area contributed by atoms with E-state index in [0.29, 0.717) is 12.8 Å². The van der Waals surface area contributed by atoms with Crippen LogP contribution in [0.4, 0.5) is 4.39 Å². The van der Waals surface area contributed by atoms with Crippen LogP contribution in [-0.4, -0.2) is 18.1 Å². The largest absolute Gasteiger partial charge is 0.353 e. The number of amides is 1. The quantitative estimate of drug-likeness (QED) is 0.585. The topological polar surface area (TPSA) is 29.1 Å². The summed E-state index contributed by atoms with van der Waals surface area (Å²) in [6.07, 6.45) is 1.21. The van der Waals surface area contributed by atoms with E-state index in [1.54, 1.807) is 0 Å². The zero-order chi connectivity index (χ0) is 6.91. The van der Waals surface area contributed by atoms with Crippen LogP contribution < -0.4 is 5.32 Å². The Bertz CT molecular complexity index is 131. The van der Waals surface area contributed by atoms with E-state index in [0.717, 1.165) is 0 Å². The van der Waals surface area contributed by atoms with E-state index in [2.05, 4.69) is 5.32 Å². The summed E-state index contributed by atoms with van der Waals surface area (Å²) in [4.78, 5) is 10.2. The van der Waals surface area contributed by atoms with Crippen LogP contribution in [0.15, 0.2) is 0 Å². The standard InChI is InChI=1S/C6H10FNO/c1-5(9)8-4-6(7)2-3-6/h2-4H2,1H3,(H,8,9). The third-order valence-electron chi connectivity index (χ3n) is 1.45. The maximum absolute atomic E-state index is 12.6. The SMILES string of the molecule is CC(=O)NCC1(F)CC1. The molecule has 0 saturated heterocycles. The molecule has 0 bridgehead atoms. The molecule has 0 radical (unpaired) electrons. The van der Waals surface area contributed by atoms with E-state index in [9.17, 15) is 9.18 Å². The lowest BCUT2D eigenvalue weighted by Gasteiger charge is -2.03. The molecule has 0 atom stereocenters. The van der Waals surface area contributed by atoms with E-state index in [1.165, 1.54) is 6.92 Å². The normalized spacial score (nSPS) is 21.1. The van der Waals surface area contributed by atoms with Crippen molar-refractivity contribution in [1.82, 2.24) is 5.32 Å². The second-order valence-electron chi connectivity index (χ2n) is 2.56. The Morgan fingerprint density at radius 1 is 1.78 bits per heavy atom. The molecule has 1 aliphatic carbocycles. The molecule has 3 heteroatoms. The van der Waals surface area contributed by atoms with Gasteiger partial charge in [0, 0.05) is 6.92 Å². The van der Waals surface area contributed by atoms with Crippen LogP contribution in [0, 0.1) is 0 Å². The molecule has 1 N–H and O–H groups in total. The van der Waals surface area contributed by atoms with Crippen molar-refractivity contribution in [2.75, 3.05) is 6.54 Å². The van der Waals surface area contributed by atoms with Gasteiger partial charge in [-0.2, -0.15) is 0 Å². The summed E-state index contributed by atoms with van der Waals surface area (Å²) in [6.45, 7) is 1.59. The monoisotopic (exact) mass is 131 g/mol. The first-order chi connectivity index (χ1) is 4.12. The fraction of sp³-hybridized carbons (Fsp3) is 0.833. The van der Waals surface area contributed by atoms with Gasteiger partial charge in [-0.25, -0.2) is 4.39 Å². The van der Waals surface area contributed by atoms with Crippen molar-refractivity contribution < 1.29 is 9.18 Å². The van der Waals surface area contributed by atoms with Crippen LogP contribution in [0.3, 0.4) is 0 Å². The molecule has 0 aliphatic heterocycles. The molecule has 9 heavy (non-hydrogen) atoms. The van der Waals surface area contributed by atoms with E-state index in [4.69, 9.17) is 0 Å². The number of nitrogens with one attached hydrogen (secondary N) is 1. The maximum atomic E-state index is 12.6. The lowest BCUT2D eigenvalue weighted by atomic mass is 10.4. The highest BCUT2D eigenvalue weighted by molar-refractivity contribution is 5.72. The first kappa shape index (κ1) is 6.52. The van der Waals surface area contributed by atoms with E-state index < -0.39 is 5.67 Å². The molecule has 0 heterocycles. The van der Waals surface area contributed by atoms with Gasteiger partial charge in [-0.05, 0) is 12.8 Å². The van der Waals surface area contributed by atoms with Crippen molar-refractivity contribution in [3.05, 3.63) is 0 Å². The van der Waals surface area contributed by atoms with Crippen LogP contribution in [0.5, 0.6) is 0 Å². The molecular weight excluding hydrogens is 121 g/mol. The molecule has 0 aromatic rings. The summed E-state index contributed by atoms with van der Waals surface area (Å²) in [5, 5.41) is 2.43. The van der Waals surface area contributed by atoms with E-state index >= 15 is 0 Å². The second-order valence-corrected chi connectivity index (χ2v) is 2.56. The molecule has 0 spiro atoms. The van der Waals surface area contributed by atoms with Gasteiger partial charge in [0.1, 0.15) is 5.67 Å². The number of hydrogen-bond acceptors (Lipinski definition) is 1. The highest BCUT2D eigenvalue weighted by atomic mass is 19.1.